The van der Waals surface area contributed by atoms with E-state index < -0.39 is 24.2 Å². The molecule has 1 aromatic heterocycles. The third kappa shape index (κ3) is 4.24. The van der Waals surface area contributed by atoms with E-state index in [1.54, 1.807) is 18.2 Å². The smallest absolute Gasteiger partial charge is 0.135 e. The van der Waals surface area contributed by atoms with E-state index in [2.05, 4.69) is 30.3 Å². The zero-order chi connectivity index (χ0) is 38.4. The second-order valence-electron chi connectivity index (χ2n) is 10.9. The molecule has 210 valence electrons. The Morgan fingerprint density at radius 3 is 1.29 bits per heavy atom. The second-order valence-corrected chi connectivity index (χ2v) is 10.9. The molecular weight excluding hydrogens is 544 g/mol. The van der Waals surface area contributed by atoms with E-state index in [0.29, 0.717) is 22.3 Å². The molecule has 45 heavy (non-hydrogen) atoms. The van der Waals surface area contributed by atoms with Crippen LogP contribution in [0.3, 0.4) is 0 Å². The minimum absolute atomic E-state index is 0.127. The number of benzene rings is 8. The highest BCUT2D eigenvalue weighted by atomic mass is 16.3. The maximum Gasteiger partial charge on any atom is 0.135 e. The Hall–Kier alpha value is -5.92. The first-order valence-electron chi connectivity index (χ1n) is 19.6. The summed E-state index contributed by atoms with van der Waals surface area (Å²) in [6.45, 7) is 0. The lowest BCUT2D eigenvalue weighted by Gasteiger charge is -2.18. The first kappa shape index (κ1) is 17.4. The lowest BCUT2D eigenvalue weighted by molar-refractivity contribution is 0.669. The van der Waals surface area contributed by atoms with Gasteiger partial charge in [-0.1, -0.05) is 139 Å². The molecule has 0 spiro atoms. The maximum atomic E-state index is 8.61. The van der Waals surface area contributed by atoms with Crippen LogP contribution in [0.5, 0.6) is 0 Å². The molecule has 0 unspecified atom stereocenters. The van der Waals surface area contributed by atoms with Crippen molar-refractivity contribution in [3.05, 3.63) is 170 Å². The van der Waals surface area contributed by atoms with Crippen molar-refractivity contribution in [2.75, 3.05) is 0 Å². The molecular formula is C44H28O. The number of rotatable bonds is 4. The molecule has 0 saturated heterocycles. The molecule has 0 atom stereocenters. The molecule has 8 aromatic carbocycles. The minimum Gasteiger partial charge on any atom is -0.456 e. The van der Waals surface area contributed by atoms with Crippen molar-refractivity contribution < 1.29 is 18.1 Å². The fourth-order valence-electron chi connectivity index (χ4n) is 6.46. The van der Waals surface area contributed by atoms with Crippen LogP contribution in [0.25, 0.3) is 88.0 Å². The largest absolute Gasteiger partial charge is 0.456 e. The molecule has 1 heteroatoms. The third-order valence-corrected chi connectivity index (χ3v) is 8.42. The summed E-state index contributed by atoms with van der Waals surface area (Å²) in [6.07, 6.45) is 0. The van der Waals surface area contributed by atoms with Gasteiger partial charge in [-0.05, 0) is 96.4 Å². The summed E-state index contributed by atoms with van der Waals surface area (Å²) < 4.78 is 89.6. The van der Waals surface area contributed by atoms with Crippen molar-refractivity contribution in [3.63, 3.8) is 0 Å². The van der Waals surface area contributed by atoms with Crippen LogP contribution in [0, 0.1) is 0 Å². The summed E-state index contributed by atoms with van der Waals surface area (Å²) in [5, 5.41) is 5.46. The summed E-state index contributed by atoms with van der Waals surface area (Å²) in [6, 6.07) is 31.6. The van der Waals surface area contributed by atoms with Gasteiger partial charge in [-0.15, -0.1) is 0 Å². The van der Waals surface area contributed by atoms with Gasteiger partial charge in [0.2, 0.25) is 0 Å². The monoisotopic (exact) mass is 582 g/mol. The van der Waals surface area contributed by atoms with Gasteiger partial charge < -0.3 is 4.42 Å². The third-order valence-electron chi connectivity index (χ3n) is 8.42. The van der Waals surface area contributed by atoms with Gasteiger partial charge >= 0.3 is 0 Å². The molecule has 0 amide bonds. The normalized spacial score (nSPS) is 14.7. The quantitative estimate of drug-likeness (QED) is 0.188. The van der Waals surface area contributed by atoms with Gasteiger partial charge in [0, 0.05) is 10.8 Å². The van der Waals surface area contributed by atoms with Crippen molar-refractivity contribution >= 4 is 43.5 Å². The van der Waals surface area contributed by atoms with Gasteiger partial charge in [0.05, 0.1) is 13.7 Å². The van der Waals surface area contributed by atoms with E-state index in [1.807, 2.05) is 60.7 Å². The summed E-state index contributed by atoms with van der Waals surface area (Å²) in [5.74, 6) is 0. The predicted molar refractivity (Wildman–Crippen MR) is 190 cm³/mol. The summed E-state index contributed by atoms with van der Waals surface area (Å²) in [5.41, 5.74) is 6.23. The standard InChI is InChI=1S/C44H28O/c1-3-12-29(13-4-1)31-16-11-17-33(26-31)43-35-18-7-9-20-37(35)44(38-21-10-8-19-36(38)43)34-23-25-42-40(28-34)39-27-32(22-24-41(39)45-42)30-14-5-2-6-15-30/h1-28H/i1D,2D,3D,4D,5D,6D,12D,13D,14D,15D. The molecule has 0 saturated carbocycles. The molecule has 0 aliphatic heterocycles. The van der Waals surface area contributed by atoms with Crippen molar-refractivity contribution in [3.8, 4) is 44.5 Å². The highest BCUT2D eigenvalue weighted by Gasteiger charge is 2.18. The Labute approximate surface area is 275 Å². The van der Waals surface area contributed by atoms with E-state index in [4.69, 9.17) is 18.1 Å². The van der Waals surface area contributed by atoms with E-state index in [1.165, 1.54) is 0 Å². The van der Waals surface area contributed by atoms with Crippen LogP contribution in [0.1, 0.15) is 13.7 Å². The van der Waals surface area contributed by atoms with Crippen LogP contribution in [-0.2, 0) is 0 Å². The van der Waals surface area contributed by atoms with Gasteiger partial charge in [-0.3, -0.25) is 0 Å². The van der Waals surface area contributed by atoms with Crippen LogP contribution in [0.15, 0.2) is 174 Å². The summed E-state index contributed by atoms with van der Waals surface area (Å²) >= 11 is 0. The zero-order valence-corrected chi connectivity index (χ0v) is 23.8. The van der Waals surface area contributed by atoms with Gasteiger partial charge in [-0.25, -0.2) is 0 Å². The Bertz CT molecular complexity index is 3000. The molecule has 9 rings (SSSR count). The molecule has 1 heterocycles. The zero-order valence-electron chi connectivity index (χ0n) is 33.8. The number of furan rings is 1. The Balaban J connectivity index is 1.27. The first-order chi connectivity index (χ1) is 26.5. The van der Waals surface area contributed by atoms with E-state index in [9.17, 15) is 0 Å². The summed E-state index contributed by atoms with van der Waals surface area (Å²) in [7, 11) is 0. The van der Waals surface area contributed by atoms with Gasteiger partial charge in [0.15, 0.2) is 0 Å². The van der Waals surface area contributed by atoms with Crippen LogP contribution in [0.2, 0.25) is 0 Å². The predicted octanol–water partition coefficient (Wildman–Crippen LogP) is 12.6. The van der Waals surface area contributed by atoms with Crippen molar-refractivity contribution in [1.29, 1.82) is 0 Å². The molecule has 0 fully saturated rings. The molecule has 0 aliphatic rings. The maximum absolute atomic E-state index is 8.61. The lowest BCUT2D eigenvalue weighted by Crippen LogP contribution is -1.91. The molecule has 0 N–H and O–H groups in total. The van der Waals surface area contributed by atoms with Crippen molar-refractivity contribution in [1.82, 2.24) is 0 Å². The SMILES string of the molecule is [2H]c1c([2H])c([2H])c(-c2cccc(-c3c4ccccc4c(-c4ccc5oc6ccc(-c7c([2H])c([2H])c([2H])c([2H])c7[2H])cc6c5c4)c4ccccc34)c2)c([2H])c1[2H]. The lowest BCUT2D eigenvalue weighted by atomic mass is 9.85. The molecule has 9 aromatic rings. The first-order valence-corrected chi connectivity index (χ1v) is 14.6. The topological polar surface area (TPSA) is 13.1 Å². The number of hydrogen-bond acceptors (Lipinski definition) is 1. The van der Waals surface area contributed by atoms with Crippen LogP contribution >= 0.6 is 0 Å². The number of hydrogen-bond donors (Lipinski definition) is 0. The van der Waals surface area contributed by atoms with Gasteiger partial charge in [0.1, 0.15) is 11.2 Å². The molecule has 1 nitrogen and oxygen atoms in total. The fraction of sp³-hybridized carbons (Fsp3) is 0. The average molecular weight is 583 g/mol. The fourth-order valence-corrected chi connectivity index (χ4v) is 6.46. The van der Waals surface area contributed by atoms with E-state index in [-0.39, 0.29) is 47.4 Å². The molecule has 0 radical (unpaired) electrons. The van der Waals surface area contributed by atoms with Crippen LogP contribution in [-0.4, -0.2) is 0 Å². The van der Waals surface area contributed by atoms with Crippen molar-refractivity contribution in [2.24, 2.45) is 0 Å². The highest BCUT2D eigenvalue weighted by Crippen LogP contribution is 2.45. The van der Waals surface area contributed by atoms with Crippen molar-refractivity contribution in [2.45, 2.75) is 0 Å². The average Bonchev–Trinajstić information content (AvgIpc) is 3.57. The summed E-state index contributed by atoms with van der Waals surface area (Å²) in [4.78, 5) is 0. The van der Waals surface area contributed by atoms with Crippen LogP contribution in [0.4, 0.5) is 0 Å². The molecule has 0 bridgehead atoms. The Morgan fingerprint density at radius 1 is 0.333 bits per heavy atom. The Morgan fingerprint density at radius 2 is 0.756 bits per heavy atom. The number of fused-ring (bicyclic) bond motifs is 5. The van der Waals surface area contributed by atoms with E-state index in [0.717, 1.165) is 54.6 Å². The van der Waals surface area contributed by atoms with Crippen LogP contribution < -0.4 is 0 Å². The minimum atomic E-state index is -0.439. The second kappa shape index (κ2) is 10.4. The molecule has 0 aliphatic carbocycles. The Kier molecular flexibility index (Phi) is 4.01. The van der Waals surface area contributed by atoms with Gasteiger partial charge in [0.25, 0.3) is 0 Å². The van der Waals surface area contributed by atoms with E-state index >= 15 is 0 Å². The van der Waals surface area contributed by atoms with Gasteiger partial charge in [-0.2, -0.15) is 0 Å². The highest BCUT2D eigenvalue weighted by molar-refractivity contribution is 6.22.